The number of hydrogen-bond donors (Lipinski definition) is 0. The van der Waals surface area contributed by atoms with Crippen molar-refractivity contribution in [1.82, 2.24) is 0 Å². The highest BCUT2D eigenvalue weighted by Crippen LogP contribution is 2.41. The van der Waals surface area contributed by atoms with Crippen LogP contribution in [0.25, 0.3) is 0 Å². The lowest BCUT2D eigenvalue weighted by atomic mass is 10.2. The molecule has 0 spiro atoms. The maximum absolute atomic E-state index is 13.4. The molecule has 0 radical (unpaired) electrons. The fourth-order valence-electron chi connectivity index (χ4n) is 1.95. The van der Waals surface area contributed by atoms with E-state index in [1.807, 2.05) is 0 Å². The lowest BCUT2D eigenvalue weighted by Crippen LogP contribution is -2.43. The first-order chi connectivity index (χ1) is 11.3. The number of nitrogens with zero attached hydrogens (tertiary/aromatic N) is 1. The van der Waals surface area contributed by atoms with Crippen LogP contribution in [0.3, 0.4) is 0 Å². The molecule has 0 aliphatic rings. The maximum atomic E-state index is 13.4. The maximum Gasteiger partial charge on any atom is 0.498 e. The standard InChI is InChI=1S/C14H8ClF6NO2S/c15-11-8-9(13(16,17)18)6-7-12(11)22(14(19,20)21)25(23,24)10-4-2-1-3-5-10/h1-8H. The van der Waals surface area contributed by atoms with Gasteiger partial charge < -0.3 is 0 Å². The molecule has 0 unspecified atom stereocenters. The average molecular weight is 404 g/mol. The third-order valence-electron chi connectivity index (χ3n) is 3.01. The van der Waals surface area contributed by atoms with Crippen molar-refractivity contribution in [1.29, 1.82) is 0 Å². The van der Waals surface area contributed by atoms with Crippen LogP contribution in [0, 0.1) is 0 Å². The Bertz CT molecular complexity index is 865. The van der Waals surface area contributed by atoms with E-state index in [4.69, 9.17) is 11.6 Å². The second-order valence-corrected chi connectivity index (χ2v) is 6.91. The molecule has 2 aromatic rings. The van der Waals surface area contributed by atoms with Gasteiger partial charge in [-0.2, -0.15) is 17.5 Å². The summed E-state index contributed by atoms with van der Waals surface area (Å²) in [5.41, 5.74) is -2.44. The van der Waals surface area contributed by atoms with E-state index in [0.29, 0.717) is 12.1 Å². The highest BCUT2D eigenvalue weighted by molar-refractivity contribution is 7.92. The smallest absolute Gasteiger partial charge is 0.201 e. The molecule has 0 N–H and O–H groups in total. The minimum absolute atomic E-state index is 0.232. The normalized spacial score (nSPS) is 12.9. The SMILES string of the molecule is O=S(=O)(c1ccccc1)N(c1ccc(C(F)(F)F)cc1Cl)C(F)(F)F. The molecular formula is C14H8ClF6NO2S. The van der Waals surface area contributed by atoms with E-state index in [1.165, 1.54) is 18.2 Å². The fourth-order valence-corrected chi connectivity index (χ4v) is 3.67. The molecule has 3 nitrogen and oxygen atoms in total. The molecule has 0 aliphatic heterocycles. The van der Waals surface area contributed by atoms with Gasteiger partial charge in [0, 0.05) is 0 Å². The highest BCUT2D eigenvalue weighted by atomic mass is 35.5. The molecular weight excluding hydrogens is 396 g/mol. The van der Waals surface area contributed by atoms with Crippen molar-refractivity contribution >= 4 is 27.3 Å². The van der Waals surface area contributed by atoms with Crippen LogP contribution < -0.4 is 4.31 Å². The predicted octanol–water partition coefficient (Wildman–Crippen LogP) is 5.07. The molecule has 136 valence electrons. The first-order valence-corrected chi connectivity index (χ1v) is 8.21. The minimum Gasteiger partial charge on any atom is -0.201 e. The Kier molecular flexibility index (Phi) is 4.97. The van der Waals surface area contributed by atoms with Crippen molar-refractivity contribution in [2.75, 3.05) is 4.31 Å². The van der Waals surface area contributed by atoms with Crippen LogP contribution in [0.15, 0.2) is 53.4 Å². The second kappa shape index (κ2) is 6.41. The lowest BCUT2D eigenvalue weighted by Gasteiger charge is -2.27. The summed E-state index contributed by atoms with van der Waals surface area (Å²) in [6, 6.07) is 6.56. The molecule has 0 aromatic heterocycles. The van der Waals surface area contributed by atoms with E-state index in [-0.39, 0.29) is 6.07 Å². The van der Waals surface area contributed by atoms with Crippen LogP contribution >= 0.6 is 11.6 Å². The number of anilines is 1. The van der Waals surface area contributed by atoms with Crippen LogP contribution in [-0.4, -0.2) is 14.7 Å². The zero-order chi connectivity index (χ0) is 19.0. The molecule has 25 heavy (non-hydrogen) atoms. The lowest BCUT2D eigenvalue weighted by molar-refractivity contribution is -0.137. The number of halogens is 7. The summed E-state index contributed by atoms with van der Waals surface area (Å²) in [6.45, 7) is 0. The number of rotatable bonds is 3. The summed E-state index contributed by atoms with van der Waals surface area (Å²) in [5, 5.41) is -1.01. The van der Waals surface area contributed by atoms with Crippen LogP contribution in [0.2, 0.25) is 5.02 Å². The molecule has 0 amide bonds. The second-order valence-electron chi connectivity index (χ2n) is 4.71. The zero-order valence-electron chi connectivity index (χ0n) is 11.9. The summed E-state index contributed by atoms with van der Waals surface area (Å²) in [4.78, 5) is -0.691. The summed E-state index contributed by atoms with van der Waals surface area (Å²) >= 11 is 5.52. The molecule has 0 heterocycles. The van der Waals surface area contributed by atoms with Gasteiger partial charge in [-0.3, -0.25) is 0 Å². The Labute approximate surface area is 143 Å². The molecule has 11 heteroatoms. The van der Waals surface area contributed by atoms with Crippen molar-refractivity contribution in [2.24, 2.45) is 0 Å². The van der Waals surface area contributed by atoms with Crippen molar-refractivity contribution in [3.05, 3.63) is 59.1 Å². The van der Waals surface area contributed by atoms with Crippen LogP contribution in [0.5, 0.6) is 0 Å². The summed E-state index contributed by atoms with van der Waals surface area (Å²) in [7, 11) is -5.14. The zero-order valence-corrected chi connectivity index (χ0v) is 13.5. The topological polar surface area (TPSA) is 37.4 Å². The van der Waals surface area contributed by atoms with Crippen molar-refractivity contribution in [3.8, 4) is 0 Å². The van der Waals surface area contributed by atoms with Gasteiger partial charge in [-0.25, -0.2) is 8.42 Å². The van der Waals surface area contributed by atoms with E-state index >= 15 is 0 Å². The van der Waals surface area contributed by atoms with Gasteiger partial charge in [0.25, 0.3) is 10.0 Å². The highest BCUT2D eigenvalue weighted by Gasteiger charge is 2.47. The Hall–Kier alpha value is -1.94. The first-order valence-electron chi connectivity index (χ1n) is 6.39. The number of alkyl halides is 6. The molecule has 0 aliphatic carbocycles. The van der Waals surface area contributed by atoms with Crippen LogP contribution in [0.4, 0.5) is 32.0 Å². The Balaban J connectivity index is 2.65. The molecule has 0 saturated heterocycles. The Morgan fingerprint density at radius 3 is 1.88 bits per heavy atom. The van der Waals surface area contributed by atoms with Crippen molar-refractivity contribution < 1.29 is 34.8 Å². The fraction of sp³-hybridized carbons (Fsp3) is 0.143. The first kappa shape index (κ1) is 19.4. The third-order valence-corrected chi connectivity index (χ3v) is 5.06. The van der Waals surface area contributed by atoms with Gasteiger partial charge in [-0.05, 0) is 30.3 Å². The van der Waals surface area contributed by atoms with Gasteiger partial charge in [0.1, 0.15) is 0 Å². The van der Waals surface area contributed by atoms with E-state index in [0.717, 1.165) is 12.1 Å². The van der Waals surface area contributed by atoms with Gasteiger partial charge >= 0.3 is 12.5 Å². The average Bonchev–Trinajstić information content (AvgIpc) is 2.47. The van der Waals surface area contributed by atoms with E-state index in [1.54, 1.807) is 0 Å². The van der Waals surface area contributed by atoms with Gasteiger partial charge in [0.15, 0.2) is 0 Å². The molecule has 0 fully saturated rings. The molecule has 0 saturated carbocycles. The van der Waals surface area contributed by atoms with E-state index in [9.17, 15) is 34.8 Å². The summed E-state index contributed by atoms with van der Waals surface area (Å²) < 4.78 is 102. The quantitative estimate of drug-likeness (QED) is 0.530. The molecule has 0 atom stereocenters. The predicted molar refractivity (Wildman–Crippen MR) is 78.6 cm³/mol. The number of hydrogen-bond acceptors (Lipinski definition) is 2. The summed E-state index contributed by atoms with van der Waals surface area (Å²) in [6.07, 6.45) is -10.3. The van der Waals surface area contributed by atoms with Crippen molar-refractivity contribution in [3.63, 3.8) is 0 Å². The van der Waals surface area contributed by atoms with Crippen LogP contribution in [-0.2, 0) is 16.2 Å². The largest absolute Gasteiger partial charge is 0.498 e. The van der Waals surface area contributed by atoms with Gasteiger partial charge in [-0.15, -0.1) is 13.2 Å². The van der Waals surface area contributed by atoms with E-state index < -0.39 is 48.0 Å². The van der Waals surface area contributed by atoms with Crippen LogP contribution in [0.1, 0.15) is 5.56 Å². The van der Waals surface area contributed by atoms with Crippen molar-refractivity contribution in [2.45, 2.75) is 17.4 Å². The third kappa shape index (κ3) is 4.01. The molecule has 0 bridgehead atoms. The Morgan fingerprint density at radius 1 is 0.880 bits per heavy atom. The molecule has 2 aromatic carbocycles. The minimum atomic E-state index is -5.45. The van der Waals surface area contributed by atoms with Gasteiger partial charge in [0.05, 0.1) is 21.2 Å². The monoisotopic (exact) mass is 403 g/mol. The number of sulfonamides is 1. The van der Waals surface area contributed by atoms with Gasteiger partial charge in [0.2, 0.25) is 0 Å². The summed E-state index contributed by atoms with van der Waals surface area (Å²) in [5.74, 6) is 0. The van der Waals surface area contributed by atoms with E-state index in [2.05, 4.69) is 0 Å². The number of benzene rings is 2. The Morgan fingerprint density at radius 2 is 1.44 bits per heavy atom. The van der Waals surface area contributed by atoms with Gasteiger partial charge in [-0.1, -0.05) is 29.8 Å². The molecule has 2 rings (SSSR count).